The van der Waals surface area contributed by atoms with E-state index in [1.54, 1.807) is 0 Å². The van der Waals surface area contributed by atoms with Crippen LogP contribution in [0.5, 0.6) is 0 Å². The average Bonchev–Trinajstić information content (AvgIpc) is 2.65. The van der Waals surface area contributed by atoms with Gasteiger partial charge in [0.05, 0.1) is 18.6 Å². The molecule has 4 aliphatic carbocycles. The third kappa shape index (κ3) is 3.09. The molecule has 4 bridgehead atoms. The van der Waals surface area contributed by atoms with E-state index in [9.17, 15) is 9.59 Å². The standard InChI is InChI=1S/C23H36N2O3/c1-21-11-17-12-22(2,14-21)16-23(13-17,15-21)20(27)25-5-3-18(4-6-25)19(26)24-7-9-28-10-8-24/h17-18H,3-16H2,1-2H3. The van der Waals surface area contributed by atoms with Crippen molar-refractivity contribution in [3.8, 4) is 0 Å². The first-order chi connectivity index (χ1) is 13.3. The van der Waals surface area contributed by atoms with E-state index in [1.807, 2.05) is 4.90 Å². The van der Waals surface area contributed by atoms with Crippen molar-refractivity contribution in [3.05, 3.63) is 0 Å². The summed E-state index contributed by atoms with van der Waals surface area (Å²) >= 11 is 0. The van der Waals surface area contributed by atoms with Crippen molar-refractivity contribution in [3.63, 3.8) is 0 Å². The van der Waals surface area contributed by atoms with E-state index in [2.05, 4.69) is 18.7 Å². The van der Waals surface area contributed by atoms with Crippen LogP contribution in [0.2, 0.25) is 0 Å². The molecule has 0 N–H and O–H groups in total. The first-order valence-corrected chi connectivity index (χ1v) is 11.5. The fourth-order valence-corrected chi connectivity index (χ4v) is 8.39. The minimum Gasteiger partial charge on any atom is -0.378 e. The molecule has 6 aliphatic rings. The quantitative estimate of drug-likeness (QED) is 0.730. The van der Waals surface area contributed by atoms with Crippen molar-refractivity contribution < 1.29 is 14.3 Å². The van der Waals surface area contributed by atoms with Gasteiger partial charge in [0.1, 0.15) is 0 Å². The second kappa shape index (κ2) is 6.45. The molecule has 2 atom stereocenters. The fraction of sp³-hybridized carbons (Fsp3) is 0.913. The summed E-state index contributed by atoms with van der Waals surface area (Å²) in [6, 6.07) is 0. The van der Waals surface area contributed by atoms with E-state index in [0.717, 1.165) is 64.2 Å². The van der Waals surface area contributed by atoms with Gasteiger partial charge in [-0.3, -0.25) is 9.59 Å². The van der Waals surface area contributed by atoms with E-state index in [-0.39, 0.29) is 17.2 Å². The van der Waals surface area contributed by atoms with Gasteiger partial charge in [-0.1, -0.05) is 13.8 Å². The van der Waals surface area contributed by atoms with Gasteiger partial charge in [0.15, 0.2) is 0 Å². The van der Waals surface area contributed by atoms with Crippen molar-refractivity contribution in [2.45, 2.75) is 65.2 Å². The van der Waals surface area contributed by atoms with E-state index in [1.165, 1.54) is 19.3 Å². The summed E-state index contributed by atoms with van der Waals surface area (Å²) in [4.78, 5) is 30.6. The van der Waals surface area contributed by atoms with Crippen LogP contribution in [-0.2, 0) is 14.3 Å². The minimum absolute atomic E-state index is 0.0912. The van der Waals surface area contributed by atoms with Crippen molar-refractivity contribution >= 4 is 11.8 Å². The van der Waals surface area contributed by atoms with Gasteiger partial charge in [-0.2, -0.15) is 0 Å². The molecule has 2 aliphatic heterocycles. The van der Waals surface area contributed by atoms with Crippen LogP contribution in [0.15, 0.2) is 0 Å². The molecule has 2 amide bonds. The van der Waals surface area contributed by atoms with Crippen LogP contribution in [0.3, 0.4) is 0 Å². The second-order valence-corrected chi connectivity index (χ2v) is 11.4. The molecule has 6 rings (SSSR count). The summed E-state index contributed by atoms with van der Waals surface area (Å²) in [5, 5.41) is 0. The Labute approximate surface area is 169 Å². The highest BCUT2D eigenvalue weighted by molar-refractivity contribution is 5.84. The van der Waals surface area contributed by atoms with Crippen LogP contribution >= 0.6 is 0 Å². The summed E-state index contributed by atoms with van der Waals surface area (Å²) in [7, 11) is 0. The second-order valence-electron chi connectivity index (χ2n) is 11.4. The van der Waals surface area contributed by atoms with Gasteiger partial charge < -0.3 is 14.5 Å². The predicted molar refractivity (Wildman–Crippen MR) is 107 cm³/mol. The van der Waals surface area contributed by atoms with E-state index in [4.69, 9.17) is 4.74 Å². The summed E-state index contributed by atoms with van der Waals surface area (Å²) in [5.74, 6) is 1.54. The summed E-state index contributed by atoms with van der Waals surface area (Å²) in [6.45, 7) is 9.16. The van der Waals surface area contributed by atoms with E-state index in [0.29, 0.717) is 30.0 Å². The molecule has 4 saturated carbocycles. The molecule has 5 nitrogen and oxygen atoms in total. The van der Waals surface area contributed by atoms with Gasteiger partial charge >= 0.3 is 0 Å². The molecule has 2 unspecified atom stereocenters. The first kappa shape index (κ1) is 18.9. The van der Waals surface area contributed by atoms with Gasteiger partial charge in [-0.05, 0) is 68.1 Å². The number of rotatable bonds is 2. The topological polar surface area (TPSA) is 49.9 Å². The Morgan fingerprint density at radius 2 is 1.43 bits per heavy atom. The molecule has 2 saturated heterocycles. The highest BCUT2D eigenvalue weighted by Crippen LogP contribution is 2.69. The number of ether oxygens (including phenoxy) is 1. The molecule has 5 heteroatoms. The van der Waals surface area contributed by atoms with Gasteiger partial charge in [0.25, 0.3) is 0 Å². The third-order valence-corrected chi connectivity index (χ3v) is 8.53. The van der Waals surface area contributed by atoms with Crippen LogP contribution in [0.25, 0.3) is 0 Å². The smallest absolute Gasteiger partial charge is 0.228 e. The molecular formula is C23H36N2O3. The molecule has 0 spiro atoms. The SMILES string of the molecule is CC12CC3CC(C)(C1)CC(C(=O)N1CCC(C(=O)N4CCOCC4)CC1)(C3)C2. The number of piperidine rings is 1. The molecule has 0 aromatic rings. The highest BCUT2D eigenvalue weighted by Gasteiger charge is 2.63. The normalized spacial score (nSPS) is 43.4. The zero-order valence-corrected chi connectivity index (χ0v) is 17.7. The number of carbonyl (C=O) groups is 2. The first-order valence-electron chi connectivity index (χ1n) is 11.5. The van der Waals surface area contributed by atoms with E-state index >= 15 is 0 Å². The fourth-order valence-electron chi connectivity index (χ4n) is 8.39. The number of carbonyl (C=O) groups excluding carboxylic acids is 2. The zero-order chi connectivity index (χ0) is 19.6. The largest absolute Gasteiger partial charge is 0.378 e. The Kier molecular flexibility index (Phi) is 4.35. The van der Waals surface area contributed by atoms with Crippen LogP contribution in [-0.4, -0.2) is 61.0 Å². The Balaban J connectivity index is 1.24. The molecule has 0 aromatic carbocycles. The Morgan fingerprint density at radius 3 is 2.00 bits per heavy atom. The van der Waals surface area contributed by atoms with Crippen LogP contribution < -0.4 is 0 Å². The number of morpholine rings is 1. The van der Waals surface area contributed by atoms with Gasteiger partial charge in [0.2, 0.25) is 11.8 Å². The molecule has 0 aromatic heterocycles. The Bertz CT molecular complexity index is 645. The Hall–Kier alpha value is -1.10. The maximum Gasteiger partial charge on any atom is 0.228 e. The minimum atomic E-state index is -0.107. The van der Waals surface area contributed by atoms with Crippen LogP contribution in [0, 0.1) is 28.1 Å². The lowest BCUT2D eigenvalue weighted by Crippen LogP contribution is -2.61. The number of nitrogens with zero attached hydrogens (tertiary/aromatic N) is 2. The average molecular weight is 389 g/mol. The Morgan fingerprint density at radius 1 is 0.821 bits per heavy atom. The summed E-state index contributed by atoms with van der Waals surface area (Å²) in [6.07, 6.45) is 8.92. The summed E-state index contributed by atoms with van der Waals surface area (Å²) < 4.78 is 5.37. The molecule has 0 radical (unpaired) electrons. The maximum absolute atomic E-state index is 13.7. The predicted octanol–water partition coefficient (Wildman–Crippen LogP) is 3.08. The number of hydrogen-bond acceptors (Lipinski definition) is 3. The van der Waals surface area contributed by atoms with Crippen LogP contribution in [0.1, 0.15) is 65.2 Å². The number of likely N-dealkylation sites (tertiary alicyclic amines) is 1. The van der Waals surface area contributed by atoms with Crippen molar-refractivity contribution in [1.29, 1.82) is 0 Å². The molecule has 6 fully saturated rings. The van der Waals surface area contributed by atoms with Crippen molar-refractivity contribution in [2.75, 3.05) is 39.4 Å². The van der Waals surface area contributed by atoms with Crippen molar-refractivity contribution in [1.82, 2.24) is 9.80 Å². The zero-order valence-electron chi connectivity index (χ0n) is 17.7. The van der Waals surface area contributed by atoms with Crippen LogP contribution in [0.4, 0.5) is 0 Å². The third-order valence-electron chi connectivity index (χ3n) is 8.53. The van der Waals surface area contributed by atoms with Gasteiger partial charge in [-0.15, -0.1) is 0 Å². The highest BCUT2D eigenvalue weighted by atomic mass is 16.5. The molecule has 28 heavy (non-hydrogen) atoms. The molecule has 156 valence electrons. The van der Waals surface area contributed by atoms with Gasteiger partial charge in [-0.25, -0.2) is 0 Å². The maximum atomic E-state index is 13.7. The lowest BCUT2D eigenvalue weighted by Gasteiger charge is -2.65. The lowest BCUT2D eigenvalue weighted by molar-refractivity contribution is -0.181. The summed E-state index contributed by atoms with van der Waals surface area (Å²) in [5.41, 5.74) is 0.632. The lowest BCUT2D eigenvalue weighted by atomic mass is 9.40. The molecular weight excluding hydrogens is 352 g/mol. The number of hydrogen-bond donors (Lipinski definition) is 0. The monoisotopic (exact) mass is 388 g/mol. The van der Waals surface area contributed by atoms with E-state index < -0.39 is 0 Å². The number of amides is 2. The molecule has 2 heterocycles. The van der Waals surface area contributed by atoms with Gasteiger partial charge in [0, 0.05) is 32.1 Å². The van der Waals surface area contributed by atoms with Crippen molar-refractivity contribution in [2.24, 2.45) is 28.1 Å².